The minimum absolute atomic E-state index is 0.0851. The summed E-state index contributed by atoms with van der Waals surface area (Å²) in [5, 5.41) is 9.03. The van der Waals surface area contributed by atoms with E-state index in [0.29, 0.717) is 0 Å². The van der Waals surface area contributed by atoms with E-state index < -0.39 is 36.3 Å². The molecular formula is C14H14F3NO5. The Hall–Kier alpha value is -2.29. The van der Waals surface area contributed by atoms with Crippen molar-refractivity contribution in [1.82, 2.24) is 4.90 Å². The van der Waals surface area contributed by atoms with Crippen LogP contribution >= 0.6 is 0 Å². The van der Waals surface area contributed by atoms with Gasteiger partial charge in [-0.2, -0.15) is 13.2 Å². The number of carbonyl (C=O) groups is 2. The van der Waals surface area contributed by atoms with Crippen LogP contribution in [0.3, 0.4) is 0 Å². The fourth-order valence-corrected chi connectivity index (χ4v) is 2.10. The van der Waals surface area contributed by atoms with Gasteiger partial charge in [-0.25, -0.2) is 4.79 Å². The van der Waals surface area contributed by atoms with Crippen molar-refractivity contribution in [2.24, 2.45) is 0 Å². The SMILES string of the molecule is O=C(O)[C@H]1COCCN1C(=O)COc1cccc(C(F)(F)F)c1. The van der Waals surface area contributed by atoms with Gasteiger partial charge in [0.05, 0.1) is 18.8 Å². The van der Waals surface area contributed by atoms with Crippen molar-refractivity contribution < 1.29 is 37.3 Å². The standard InChI is InChI=1S/C14H14F3NO5/c15-14(16,17)9-2-1-3-10(6-9)23-8-12(19)18-4-5-22-7-11(18)13(20)21/h1-3,6,11H,4-5,7-8H2,(H,20,21)/t11-/m1/s1. The van der Waals surface area contributed by atoms with E-state index in [9.17, 15) is 22.8 Å². The van der Waals surface area contributed by atoms with Crippen LogP contribution < -0.4 is 4.74 Å². The van der Waals surface area contributed by atoms with Crippen molar-refractivity contribution in [1.29, 1.82) is 0 Å². The zero-order chi connectivity index (χ0) is 17.0. The molecule has 0 bridgehead atoms. The van der Waals surface area contributed by atoms with Crippen LogP contribution in [0.5, 0.6) is 5.75 Å². The molecule has 23 heavy (non-hydrogen) atoms. The molecule has 0 spiro atoms. The second-order valence-corrected chi connectivity index (χ2v) is 4.83. The molecule has 0 unspecified atom stereocenters. The lowest BCUT2D eigenvalue weighted by atomic mass is 10.2. The fourth-order valence-electron chi connectivity index (χ4n) is 2.10. The quantitative estimate of drug-likeness (QED) is 0.901. The number of benzene rings is 1. The third kappa shape index (κ3) is 4.35. The van der Waals surface area contributed by atoms with Crippen molar-refractivity contribution >= 4 is 11.9 Å². The number of rotatable bonds is 4. The number of alkyl halides is 3. The van der Waals surface area contributed by atoms with Crippen LogP contribution in [0.1, 0.15) is 5.56 Å². The normalized spacial score (nSPS) is 18.6. The van der Waals surface area contributed by atoms with Gasteiger partial charge in [-0.15, -0.1) is 0 Å². The van der Waals surface area contributed by atoms with Gasteiger partial charge in [0, 0.05) is 6.54 Å². The second-order valence-electron chi connectivity index (χ2n) is 4.83. The summed E-state index contributed by atoms with van der Waals surface area (Å²) in [4.78, 5) is 24.2. The minimum atomic E-state index is -4.51. The van der Waals surface area contributed by atoms with E-state index in [-0.39, 0.29) is 25.5 Å². The monoisotopic (exact) mass is 333 g/mol. The number of carboxylic acid groups (broad SMARTS) is 1. The van der Waals surface area contributed by atoms with Crippen molar-refractivity contribution in [3.05, 3.63) is 29.8 Å². The van der Waals surface area contributed by atoms with Gasteiger partial charge < -0.3 is 19.5 Å². The van der Waals surface area contributed by atoms with Crippen LogP contribution in [0.2, 0.25) is 0 Å². The lowest BCUT2D eigenvalue weighted by Gasteiger charge is -2.32. The molecule has 0 saturated carbocycles. The summed E-state index contributed by atoms with van der Waals surface area (Å²) in [7, 11) is 0. The molecule has 1 aromatic carbocycles. The molecule has 1 atom stereocenters. The summed E-state index contributed by atoms with van der Waals surface area (Å²) >= 11 is 0. The van der Waals surface area contributed by atoms with Crippen molar-refractivity contribution in [2.45, 2.75) is 12.2 Å². The summed E-state index contributed by atoms with van der Waals surface area (Å²) in [6, 6.07) is 2.99. The van der Waals surface area contributed by atoms with Crippen LogP contribution in [0, 0.1) is 0 Å². The minimum Gasteiger partial charge on any atom is -0.484 e. The largest absolute Gasteiger partial charge is 0.484 e. The predicted octanol–water partition coefficient (Wildman–Crippen LogP) is 1.40. The maximum absolute atomic E-state index is 12.6. The van der Waals surface area contributed by atoms with Crippen LogP contribution in [0.25, 0.3) is 0 Å². The van der Waals surface area contributed by atoms with Gasteiger partial charge in [-0.05, 0) is 18.2 Å². The van der Waals surface area contributed by atoms with Crippen molar-refractivity contribution in [3.8, 4) is 5.75 Å². The van der Waals surface area contributed by atoms with Crippen LogP contribution in [0.15, 0.2) is 24.3 Å². The molecule has 6 nitrogen and oxygen atoms in total. The van der Waals surface area contributed by atoms with Gasteiger partial charge in [0.2, 0.25) is 0 Å². The average Bonchev–Trinajstić information content (AvgIpc) is 2.52. The van der Waals surface area contributed by atoms with Crippen LogP contribution in [0.4, 0.5) is 13.2 Å². The molecule has 1 saturated heterocycles. The molecule has 126 valence electrons. The van der Waals surface area contributed by atoms with Gasteiger partial charge in [-0.1, -0.05) is 6.07 Å². The van der Waals surface area contributed by atoms with Crippen LogP contribution in [-0.2, 0) is 20.5 Å². The van der Waals surface area contributed by atoms with E-state index in [1.165, 1.54) is 6.07 Å². The summed E-state index contributed by atoms with van der Waals surface area (Å²) in [6.07, 6.45) is -4.51. The maximum Gasteiger partial charge on any atom is 0.416 e. The lowest BCUT2D eigenvalue weighted by Crippen LogP contribution is -2.53. The highest BCUT2D eigenvalue weighted by Crippen LogP contribution is 2.31. The van der Waals surface area contributed by atoms with Gasteiger partial charge in [0.25, 0.3) is 5.91 Å². The average molecular weight is 333 g/mol. The Balaban J connectivity index is 2.00. The number of nitrogens with zero attached hydrogens (tertiary/aromatic N) is 1. The number of hydrogen-bond donors (Lipinski definition) is 1. The van der Waals surface area contributed by atoms with Gasteiger partial charge >= 0.3 is 12.1 Å². The number of carboxylic acids is 1. The Labute approximate surface area is 129 Å². The highest BCUT2D eigenvalue weighted by molar-refractivity contribution is 5.84. The summed E-state index contributed by atoms with van der Waals surface area (Å²) in [5.74, 6) is -1.96. The Morgan fingerprint density at radius 3 is 2.78 bits per heavy atom. The van der Waals surface area contributed by atoms with E-state index in [1.54, 1.807) is 0 Å². The number of ether oxygens (including phenoxy) is 2. The zero-order valence-electron chi connectivity index (χ0n) is 11.9. The van der Waals surface area contributed by atoms with Crippen molar-refractivity contribution in [2.75, 3.05) is 26.4 Å². The first-order valence-electron chi connectivity index (χ1n) is 6.69. The first-order chi connectivity index (χ1) is 10.8. The van der Waals surface area contributed by atoms with Crippen LogP contribution in [-0.4, -0.2) is 54.3 Å². The van der Waals surface area contributed by atoms with E-state index >= 15 is 0 Å². The van der Waals surface area contributed by atoms with E-state index in [1.807, 2.05) is 0 Å². The van der Waals surface area contributed by atoms with Gasteiger partial charge in [0.15, 0.2) is 12.6 Å². The summed E-state index contributed by atoms with van der Waals surface area (Å²) in [6.45, 7) is -0.406. The highest BCUT2D eigenvalue weighted by Gasteiger charge is 2.33. The molecule has 2 rings (SSSR count). The topological polar surface area (TPSA) is 76.1 Å². The molecule has 9 heteroatoms. The van der Waals surface area contributed by atoms with Gasteiger partial charge in [0.1, 0.15) is 5.75 Å². The molecule has 0 radical (unpaired) electrons. The number of amides is 1. The van der Waals surface area contributed by atoms with Crippen molar-refractivity contribution in [3.63, 3.8) is 0 Å². The van der Waals surface area contributed by atoms with E-state index in [4.69, 9.17) is 14.6 Å². The summed E-state index contributed by atoms with van der Waals surface area (Å²) in [5.41, 5.74) is -0.891. The molecular weight excluding hydrogens is 319 g/mol. The Morgan fingerprint density at radius 1 is 1.39 bits per heavy atom. The fraction of sp³-hybridized carbons (Fsp3) is 0.429. The smallest absolute Gasteiger partial charge is 0.416 e. The van der Waals surface area contributed by atoms with E-state index in [0.717, 1.165) is 23.1 Å². The lowest BCUT2D eigenvalue weighted by molar-refractivity contribution is -0.159. The first kappa shape index (κ1) is 17.1. The molecule has 1 fully saturated rings. The molecule has 1 aromatic rings. The molecule has 0 aliphatic carbocycles. The number of carbonyl (C=O) groups excluding carboxylic acids is 1. The molecule has 1 heterocycles. The molecule has 1 aliphatic rings. The zero-order valence-corrected chi connectivity index (χ0v) is 11.9. The highest BCUT2D eigenvalue weighted by atomic mass is 19.4. The molecule has 1 N–H and O–H groups in total. The first-order valence-corrected chi connectivity index (χ1v) is 6.69. The Morgan fingerprint density at radius 2 is 2.13 bits per heavy atom. The Kier molecular flexibility index (Phi) is 5.09. The second kappa shape index (κ2) is 6.86. The number of hydrogen-bond acceptors (Lipinski definition) is 4. The molecule has 0 aromatic heterocycles. The number of aliphatic carboxylic acids is 1. The number of halogens is 3. The third-order valence-electron chi connectivity index (χ3n) is 3.26. The Bertz CT molecular complexity index is 590. The summed E-state index contributed by atoms with van der Waals surface area (Å²) < 4.78 is 47.8. The number of morpholine rings is 1. The molecule has 1 aliphatic heterocycles. The molecule has 1 amide bonds. The predicted molar refractivity (Wildman–Crippen MR) is 70.9 cm³/mol. The third-order valence-corrected chi connectivity index (χ3v) is 3.26. The maximum atomic E-state index is 12.6. The van der Waals surface area contributed by atoms with E-state index in [2.05, 4.69) is 0 Å². The van der Waals surface area contributed by atoms with Gasteiger partial charge in [-0.3, -0.25) is 4.79 Å².